The lowest BCUT2D eigenvalue weighted by molar-refractivity contribution is -0.133. The highest BCUT2D eigenvalue weighted by molar-refractivity contribution is 6.35. The van der Waals surface area contributed by atoms with Gasteiger partial charge in [0.2, 0.25) is 5.91 Å². The van der Waals surface area contributed by atoms with E-state index in [1.54, 1.807) is 6.07 Å². The number of carbonyl (C=O) groups is 1. The van der Waals surface area contributed by atoms with Gasteiger partial charge in [0, 0.05) is 28.5 Å². The van der Waals surface area contributed by atoms with Crippen LogP contribution in [0.4, 0.5) is 0 Å². The zero-order chi connectivity index (χ0) is 23.7. The van der Waals surface area contributed by atoms with Crippen molar-refractivity contribution >= 4 is 45.6 Å². The Morgan fingerprint density at radius 1 is 1.21 bits per heavy atom. The van der Waals surface area contributed by atoms with Gasteiger partial charge in [-0.25, -0.2) is 0 Å². The Kier molecular flexibility index (Phi) is 6.96. The van der Waals surface area contributed by atoms with Gasteiger partial charge >= 0.3 is 0 Å². The molecular weight excluding hydrogens is 467 g/mol. The van der Waals surface area contributed by atoms with Crippen molar-refractivity contribution in [3.63, 3.8) is 0 Å². The number of carbonyl (C=O) groups excluding carboxylic acids is 1. The van der Waals surface area contributed by atoms with Crippen LogP contribution in [-0.2, 0) is 4.79 Å². The maximum atomic E-state index is 12.9. The molecule has 0 saturated carbocycles. The quantitative estimate of drug-likeness (QED) is 0.464. The van der Waals surface area contributed by atoms with Crippen LogP contribution < -0.4 is 5.32 Å². The fourth-order valence-corrected chi connectivity index (χ4v) is 5.73. The molecule has 3 aromatic rings. The fourth-order valence-electron chi connectivity index (χ4n) is 5.20. The van der Waals surface area contributed by atoms with Crippen molar-refractivity contribution in [1.29, 1.82) is 0 Å². The lowest BCUT2D eigenvalue weighted by Crippen LogP contribution is -2.49. The van der Waals surface area contributed by atoms with Crippen LogP contribution in [0.15, 0.2) is 48.7 Å². The molecule has 5 rings (SSSR count). The molecular formula is C27H30Cl2N4O. The summed E-state index contributed by atoms with van der Waals surface area (Å²) in [5, 5.41) is 10.5. The number of benzene rings is 2. The second-order valence-corrected chi connectivity index (χ2v) is 10.1. The summed E-state index contributed by atoms with van der Waals surface area (Å²) in [6.45, 7) is 4.52. The van der Waals surface area contributed by atoms with E-state index in [-0.39, 0.29) is 18.0 Å². The lowest BCUT2D eigenvalue weighted by Gasteiger charge is -2.32. The highest BCUT2D eigenvalue weighted by Gasteiger charge is 2.27. The zero-order valence-electron chi connectivity index (χ0n) is 19.4. The number of hydrogen-bond acceptors (Lipinski definition) is 3. The highest BCUT2D eigenvalue weighted by atomic mass is 35.5. The van der Waals surface area contributed by atoms with Crippen molar-refractivity contribution in [3.05, 3.63) is 69.8 Å². The van der Waals surface area contributed by atoms with Crippen molar-refractivity contribution < 1.29 is 4.79 Å². The number of nitrogens with zero attached hydrogens (tertiary/aromatic N) is 3. The predicted molar refractivity (Wildman–Crippen MR) is 139 cm³/mol. The van der Waals surface area contributed by atoms with Crippen LogP contribution in [0.3, 0.4) is 0 Å². The average molecular weight is 497 g/mol. The molecule has 3 heterocycles. The molecule has 0 aliphatic carbocycles. The van der Waals surface area contributed by atoms with Crippen LogP contribution >= 0.6 is 23.2 Å². The molecule has 5 nitrogen and oxygen atoms in total. The Morgan fingerprint density at radius 3 is 2.79 bits per heavy atom. The topological polar surface area (TPSA) is 50.2 Å². The average Bonchev–Trinajstić information content (AvgIpc) is 3.29. The van der Waals surface area contributed by atoms with Gasteiger partial charge in [-0.3, -0.25) is 9.48 Å². The molecule has 178 valence electrons. The van der Waals surface area contributed by atoms with E-state index in [9.17, 15) is 4.79 Å². The second kappa shape index (κ2) is 10.1. The summed E-state index contributed by atoms with van der Waals surface area (Å²) < 4.78 is 2.07. The third-order valence-corrected chi connectivity index (χ3v) is 7.66. The normalized spacial score (nSPS) is 19.8. The molecule has 1 amide bonds. The monoisotopic (exact) mass is 496 g/mol. The van der Waals surface area contributed by atoms with E-state index in [2.05, 4.69) is 41.2 Å². The summed E-state index contributed by atoms with van der Waals surface area (Å²) in [5.41, 5.74) is 4.58. The van der Waals surface area contributed by atoms with Gasteiger partial charge < -0.3 is 10.2 Å². The largest absolute Gasteiger partial charge is 0.337 e. The van der Waals surface area contributed by atoms with Gasteiger partial charge in [0.15, 0.2) is 0 Å². The Balaban J connectivity index is 1.40. The molecule has 2 aliphatic rings. The van der Waals surface area contributed by atoms with Crippen LogP contribution in [0, 0.1) is 0 Å². The third kappa shape index (κ3) is 4.61. The summed E-state index contributed by atoms with van der Waals surface area (Å²) in [6, 6.07) is 12.2. The predicted octanol–water partition coefficient (Wildman–Crippen LogP) is 6.10. The first-order valence-electron chi connectivity index (χ1n) is 12.2. The molecule has 0 spiro atoms. The first kappa shape index (κ1) is 23.4. The van der Waals surface area contributed by atoms with Crippen molar-refractivity contribution in [2.75, 3.05) is 19.6 Å². The van der Waals surface area contributed by atoms with Crippen molar-refractivity contribution in [3.8, 4) is 0 Å². The smallest absolute Gasteiger partial charge is 0.239 e. The minimum absolute atomic E-state index is 0.0138. The molecule has 0 radical (unpaired) electrons. The molecule has 2 aliphatic heterocycles. The molecule has 1 fully saturated rings. The van der Waals surface area contributed by atoms with Crippen LogP contribution in [-0.4, -0.2) is 46.3 Å². The molecule has 2 aromatic carbocycles. The number of aromatic nitrogens is 2. The van der Waals surface area contributed by atoms with E-state index in [1.165, 1.54) is 11.1 Å². The van der Waals surface area contributed by atoms with Crippen LogP contribution in [0.5, 0.6) is 0 Å². The number of nitrogens with one attached hydrogen (secondary N) is 1. The summed E-state index contributed by atoms with van der Waals surface area (Å²) in [5.74, 6) is 0.245. The van der Waals surface area contributed by atoms with Gasteiger partial charge in [-0.1, -0.05) is 60.8 Å². The fraction of sp³-hybridized carbons (Fsp3) is 0.407. The molecule has 2 unspecified atom stereocenters. The van der Waals surface area contributed by atoms with E-state index in [4.69, 9.17) is 28.3 Å². The van der Waals surface area contributed by atoms with Crippen LogP contribution in [0.25, 0.3) is 16.5 Å². The molecule has 1 saturated heterocycles. The second-order valence-electron chi connectivity index (χ2n) is 9.22. The molecule has 1 N–H and O–H groups in total. The first-order chi connectivity index (χ1) is 16.5. The molecule has 1 aromatic heterocycles. The Labute approximate surface area is 210 Å². The van der Waals surface area contributed by atoms with E-state index in [1.807, 2.05) is 23.2 Å². The van der Waals surface area contributed by atoms with E-state index < -0.39 is 0 Å². The number of hydrogen-bond donors (Lipinski definition) is 1. The van der Waals surface area contributed by atoms with Gasteiger partial charge in [0.1, 0.15) is 0 Å². The minimum atomic E-state index is -0.0138. The molecule has 7 heteroatoms. The number of halogens is 2. The Bertz CT molecular complexity index is 1230. The van der Waals surface area contributed by atoms with E-state index in [0.29, 0.717) is 16.6 Å². The standard InChI is InChI=1S/C27H30Cl2N4O/c1-2-25(22-9-8-21(28)16-23(22)29)33-26-15-19(6-7-20(26)17-31-33)18-10-13-32(14-11-18)27(34)24-5-3-4-12-30-24/h6-10,15-17,24-25,30H,2-5,11-14H2,1H3. The summed E-state index contributed by atoms with van der Waals surface area (Å²) >= 11 is 12.7. The van der Waals surface area contributed by atoms with Crippen LogP contribution in [0.1, 0.15) is 56.2 Å². The lowest BCUT2D eigenvalue weighted by atomic mass is 9.97. The van der Waals surface area contributed by atoms with Gasteiger partial charge in [-0.15, -0.1) is 0 Å². The van der Waals surface area contributed by atoms with Crippen molar-refractivity contribution in [2.24, 2.45) is 0 Å². The first-order valence-corrected chi connectivity index (χ1v) is 12.9. The Morgan fingerprint density at radius 2 is 2.09 bits per heavy atom. The summed E-state index contributed by atoms with van der Waals surface area (Å²) in [4.78, 5) is 14.9. The van der Waals surface area contributed by atoms with Gasteiger partial charge in [0.05, 0.1) is 23.8 Å². The maximum Gasteiger partial charge on any atom is 0.239 e. The number of amides is 1. The molecule has 2 atom stereocenters. The summed E-state index contributed by atoms with van der Waals surface area (Å²) in [7, 11) is 0. The zero-order valence-corrected chi connectivity index (χ0v) is 20.9. The van der Waals surface area contributed by atoms with Gasteiger partial charge in [-0.05, 0) is 67.1 Å². The highest BCUT2D eigenvalue weighted by Crippen LogP contribution is 2.34. The summed E-state index contributed by atoms with van der Waals surface area (Å²) in [6.07, 6.45) is 9.08. The van der Waals surface area contributed by atoms with E-state index in [0.717, 1.165) is 61.7 Å². The number of rotatable bonds is 5. The van der Waals surface area contributed by atoms with Gasteiger partial charge in [0.25, 0.3) is 0 Å². The number of fused-ring (bicyclic) bond motifs is 1. The minimum Gasteiger partial charge on any atom is -0.337 e. The molecule has 34 heavy (non-hydrogen) atoms. The van der Waals surface area contributed by atoms with E-state index >= 15 is 0 Å². The number of piperidine rings is 1. The van der Waals surface area contributed by atoms with Gasteiger partial charge in [-0.2, -0.15) is 5.10 Å². The third-order valence-electron chi connectivity index (χ3n) is 7.10. The Hall–Kier alpha value is -2.34. The maximum absolute atomic E-state index is 12.9. The van der Waals surface area contributed by atoms with Crippen molar-refractivity contribution in [2.45, 2.75) is 51.1 Å². The SMILES string of the molecule is CCC(c1ccc(Cl)cc1Cl)n1ncc2ccc(C3=CCN(C(=O)C4CCCCN4)CC3)cc21. The van der Waals surface area contributed by atoms with Crippen LogP contribution in [0.2, 0.25) is 10.0 Å². The van der Waals surface area contributed by atoms with Crippen molar-refractivity contribution in [1.82, 2.24) is 20.0 Å². The molecule has 0 bridgehead atoms.